The predicted molar refractivity (Wildman–Crippen MR) is 77.2 cm³/mol. The van der Waals surface area contributed by atoms with Crippen LogP contribution in [0, 0.1) is 16.7 Å². The van der Waals surface area contributed by atoms with Gasteiger partial charge in [-0.1, -0.05) is 61.0 Å². The molecule has 2 rings (SSSR count). The van der Waals surface area contributed by atoms with Gasteiger partial charge in [0, 0.05) is 5.56 Å². The Bertz CT molecular complexity index is 487. The fourth-order valence-corrected chi connectivity index (χ4v) is 3.25. The maximum Gasteiger partial charge on any atom is 0.0991 e. The average molecular weight is 298 g/mol. The van der Waals surface area contributed by atoms with Gasteiger partial charge in [0.1, 0.15) is 0 Å². The molecule has 0 bridgehead atoms. The summed E-state index contributed by atoms with van der Waals surface area (Å²) in [5.74, 6) is 0. The van der Waals surface area contributed by atoms with Gasteiger partial charge >= 0.3 is 0 Å². The lowest BCUT2D eigenvalue weighted by Crippen LogP contribution is -2.27. The van der Waals surface area contributed by atoms with Gasteiger partial charge in [0.25, 0.3) is 0 Å². The smallest absolute Gasteiger partial charge is 0.0991 e. The Hall–Kier alpha value is -0.750. The number of aliphatic hydroxyl groups is 1. The fraction of sp³-hybridized carbons (Fsp3) is 0.533. The molecule has 1 aliphatic carbocycles. The minimum Gasteiger partial charge on any atom is -0.387 e. The summed E-state index contributed by atoms with van der Waals surface area (Å²) in [5.41, 5.74) is -0.164. The molecule has 0 heterocycles. The molecule has 2 nitrogen and oxygen atoms in total. The topological polar surface area (TPSA) is 44.0 Å². The highest BCUT2D eigenvalue weighted by molar-refractivity contribution is 6.42. The van der Waals surface area contributed by atoms with Gasteiger partial charge in [0.2, 0.25) is 0 Å². The zero-order valence-electron chi connectivity index (χ0n) is 10.7. The SMILES string of the molecule is N#CC1(C(O)c2cccc(Cl)c2Cl)CCCCCC1. The van der Waals surface area contributed by atoms with Crippen LogP contribution in [-0.4, -0.2) is 5.11 Å². The first-order chi connectivity index (χ1) is 9.10. The van der Waals surface area contributed by atoms with Crippen molar-refractivity contribution in [1.29, 1.82) is 5.26 Å². The van der Waals surface area contributed by atoms with E-state index in [-0.39, 0.29) is 0 Å². The Kier molecular flexibility index (Phi) is 4.73. The van der Waals surface area contributed by atoms with Gasteiger partial charge < -0.3 is 5.11 Å². The predicted octanol–water partition coefficient (Wildman–Crippen LogP) is 4.89. The monoisotopic (exact) mass is 297 g/mol. The number of rotatable bonds is 2. The van der Waals surface area contributed by atoms with Crippen molar-refractivity contribution < 1.29 is 5.11 Å². The summed E-state index contributed by atoms with van der Waals surface area (Å²) >= 11 is 12.2. The molecule has 1 fully saturated rings. The molecular weight excluding hydrogens is 281 g/mol. The number of halogens is 2. The van der Waals surface area contributed by atoms with Crippen molar-refractivity contribution in [1.82, 2.24) is 0 Å². The second-order valence-electron chi connectivity index (χ2n) is 5.23. The van der Waals surface area contributed by atoms with E-state index in [2.05, 4.69) is 6.07 Å². The zero-order chi connectivity index (χ0) is 13.9. The van der Waals surface area contributed by atoms with E-state index >= 15 is 0 Å². The molecule has 0 amide bonds. The third-order valence-corrected chi connectivity index (χ3v) is 4.85. The minimum atomic E-state index is -0.873. The van der Waals surface area contributed by atoms with E-state index in [0.29, 0.717) is 28.5 Å². The van der Waals surface area contributed by atoms with Gasteiger partial charge in [-0.15, -0.1) is 0 Å². The van der Waals surface area contributed by atoms with Crippen molar-refractivity contribution in [3.8, 4) is 6.07 Å². The zero-order valence-corrected chi connectivity index (χ0v) is 12.2. The van der Waals surface area contributed by atoms with Gasteiger partial charge in [-0.05, 0) is 18.9 Å². The largest absolute Gasteiger partial charge is 0.387 e. The highest BCUT2D eigenvalue weighted by Gasteiger charge is 2.40. The van der Waals surface area contributed by atoms with E-state index in [9.17, 15) is 10.4 Å². The van der Waals surface area contributed by atoms with E-state index in [1.807, 2.05) is 0 Å². The van der Waals surface area contributed by atoms with E-state index in [4.69, 9.17) is 23.2 Å². The number of nitrogens with zero attached hydrogens (tertiary/aromatic N) is 1. The minimum absolute atomic E-state index is 0.357. The Labute approximate surface area is 124 Å². The van der Waals surface area contributed by atoms with Crippen LogP contribution in [0.1, 0.15) is 50.2 Å². The second-order valence-corrected chi connectivity index (χ2v) is 6.01. The second kappa shape index (κ2) is 6.13. The summed E-state index contributed by atoms with van der Waals surface area (Å²) in [6, 6.07) is 7.55. The molecule has 1 aliphatic rings. The molecule has 0 aliphatic heterocycles. The Morgan fingerprint density at radius 2 is 1.79 bits per heavy atom. The summed E-state index contributed by atoms with van der Waals surface area (Å²) in [4.78, 5) is 0. The fourth-order valence-electron chi connectivity index (χ4n) is 2.84. The van der Waals surface area contributed by atoms with Crippen molar-refractivity contribution in [2.75, 3.05) is 0 Å². The maximum atomic E-state index is 10.7. The number of nitriles is 1. The molecule has 1 atom stereocenters. The van der Waals surface area contributed by atoms with Crippen LogP contribution in [0.5, 0.6) is 0 Å². The standard InChI is InChI=1S/C15H17Cl2NO/c16-12-7-5-6-11(13(12)17)14(19)15(10-18)8-3-1-2-4-9-15/h5-7,14,19H,1-4,8-9H2. The first kappa shape index (κ1) is 14.7. The summed E-state index contributed by atoms with van der Waals surface area (Å²) < 4.78 is 0. The number of benzene rings is 1. The molecule has 0 saturated heterocycles. The number of hydrogen-bond acceptors (Lipinski definition) is 2. The number of hydrogen-bond donors (Lipinski definition) is 1. The Balaban J connectivity index is 2.37. The van der Waals surface area contributed by atoms with Crippen molar-refractivity contribution in [2.24, 2.45) is 5.41 Å². The van der Waals surface area contributed by atoms with Crippen LogP contribution in [0.2, 0.25) is 10.0 Å². The van der Waals surface area contributed by atoms with Crippen molar-refractivity contribution >= 4 is 23.2 Å². The third kappa shape index (κ3) is 2.89. The molecule has 0 spiro atoms. The molecule has 4 heteroatoms. The van der Waals surface area contributed by atoms with Crippen molar-refractivity contribution in [3.05, 3.63) is 33.8 Å². The van der Waals surface area contributed by atoms with Crippen LogP contribution < -0.4 is 0 Å². The lowest BCUT2D eigenvalue weighted by atomic mass is 9.74. The molecule has 0 aromatic heterocycles. The van der Waals surface area contributed by atoms with Crippen molar-refractivity contribution in [2.45, 2.75) is 44.6 Å². The summed E-state index contributed by atoms with van der Waals surface area (Å²) in [5, 5.41) is 21.0. The molecule has 1 N–H and O–H groups in total. The van der Waals surface area contributed by atoms with Gasteiger partial charge in [0.05, 0.1) is 27.6 Å². The normalized spacial score (nSPS) is 20.3. The molecule has 1 aromatic carbocycles. The Morgan fingerprint density at radius 3 is 2.37 bits per heavy atom. The molecule has 1 saturated carbocycles. The highest BCUT2D eigenvalue weighted by Crippen LogP contribution is 2.46. The Morgan fingerprint density at radius 1 is 1.16 bits per heavy atom. The van der Waals surface area contributed by atoms with E-state index in [1.54, 1.807) is 18.2 Å². The lowest BCUT2D eigenvalue weighted by molar-refractivity contribution is 0.0517. The van der Waals surface area contributed by atoms with E-state index in [1.165, 1.54) is 0 Å². The van der Waals surface area contributed by atoms with Crippen LogP contribution in [-0.2, 0) is 0 Å². The average Bonchev–Trinajstić information content (AvgIpc) is 2.67. The van der Waals surface area contributed by atoms with Crippen LogP contribution >= 0.6 is 23.2 Å². The van der Waals surface area contributed by atoms with Gasteiger partial charge in [-0.3, -0.25) is 0 Å². The molecular formula is C15H17Cl2NO. The molecule has 102 valence electrons. The highest BCUT2D eigenvalue weighted by atomic mass is 35.5. The first-order valence-electron chi connectivity index (χ1n) is 6.64. The van der Waals surface area contributed by atoms with Crippen LogP contribution in [0.15, 0.2) is 18.2 Å². The van der Waals surface area contributed by atoms with Crippen LogP contribution in [0.4, 0.5) is 0 Å². The van der Waals surface area contributed by atoms with E-state index in [0.717, 1.165) is 25.7 Å². The van der Waals surface area contributed by atoms with Crippen LogP contribution in [0.25, 0.3) is 0 Å². The van der Waals surface area contributed by atoms with Crippen molar-refractivity contribution in [3.63, 3.8) is 0 Å². The lowest BCUT2D eigenvalue weighted by Gasteiger charge is -2.31. The number of aliphatic hydroxyl groups excluding tert-OH is 1. The summed E-state index contributed by atoms with van der Waals surface area (Å²) in [7, 11) is 0. The molecule has 1 unspecified atom stereocenters. The maximum absolute atomic E-state index is 10.7. The van der Waals surface area contributed by atoms with Gasteiger partial charge in [-0.2, -0.15) is 5.26 Å². The van der Waals surface area contributed by atoms with E-state index < -0.39 is 11.5 Å². The van der Waals surface area contributed by atoms with Crippen LogP contribution in [0.3, 0.4) is 0 Å². The molecule has 1 aromatic rings. The molecule has 0 radical (unpaired) electrons. The summed E-state index contributed by atoms with van der Waals surface area (Å²) in [6.07, 6.45) is 4.76. The quantitative estimate of drug-likeness (QED) is 0.790. The first-order valence-corrected chi connectivity index (χ1v) is 7.39. The third-order valence-electron chi connectivity index (χ3n) is 4.02. The molecule has 19 heavy (non-hydrogen) atoms. The summed E-state index contributed by atoms with van der Waals surface area (Å²) in [6.45, 7) is 0. The van der Waals surface area contributed by atoms with Gasteiger partial charge in [-0.25, -0.2) is 0 Å². The van der Waals surface area contributed by atoms with Gasteiger partial charge in [0.15, 0.2) is 0 Å².